The van der Waals surface area contributed by atoms with Crippen LogP contribution in [0.5, 0.6) is 0 Å². The van der Waals surface area contributed by atoms with Gasteiger partial charge < -0.3 is 13.9 Å². The van der Waals surface area contributed by atoms with E-state index in [2.05, 4.69) is 4.98 Å². The largest absolute Gasteiger partial charge is 0.455 e. The van der Waals surface area contributed by atoms with E-state index in [1.807, 2.05) is 17.5 Å². The van der Waals surface area contributed by atoms with Crippen LogP contribution in [0, 0.1) is 0 Å². The predicted molar refractivity (Wildman–Crippen MR) is 110 cm³/mol. The van der Waals surface area contributed by atoms with Gasteiger partial charge in [0.15, 0.2) is 0 Å². The zero-order chi connectivity index (χ0) is 21.4. The van der Waals surface area contributed by atoms with Crippen molar-refractivity contribution in [2.24, 2.45) is 0 Å². The van der Waals surface area contributed by atoms with Crippen molar-refractivity contribution in [3.05, 3.63) is 64.4 Å². The molecule has 4 heterocycles. The quantitative estimate of drug-likeness (QED) is 0.429. The molecule has 0 N–H and O–H groups in total. The molecule has 31 heavy (non-hydrogen) atoms. The first kappa shape index (κ1) is 19.7. The number of imide groups is 1. The molecule has 158 valence electrons. The molecule has 1 atom stereocenters. The molecule has 8 nitrogen and oxygen atoms in total. The third-order valence-corrected chi connectivity index (χ3v) is 6.11. The van der Waals surface area contributed by atoms with Crippen molar-refractivity contribution >= 4 is 29.1 Å². The number of rotatable bonds is 6. The predicted octanol–water partition coefficient (Wildman–Crippen LogP) is 3.54. The Kier molecular flexibility index (Phi) is 5.13. The average Bonchev–Trinajstić information content (AvgIpc) is 3.58. The minimum Gasteiger partial charge on any atom is -0.455 e. The lowest BCUT2D eigenvalue weighted by atomic mass is 10.1. The topological polar surface area (TPSA) is 98.9 Å². The Hall–Kier alpha value is -3.30. The van der Waals surface area contributed by atoms with E-state index in [0.717, 1.165) is 17.7 Å². The molecule has 9 heteroatoms. The molecular weight excluding hydrogens is 420 g/mol. The van der Waals surface area contributed by atoms with Crippen LogP contribution in [0.25, 0.3) is 10.8 Å². The van der Waals surface area contributed by atoms with Gasteiger partial charge in [-0.2, -0.15) is 0 Å². The van der Waals surface area contributed by atoms with E-state index in [1.165, 1.54) is 40.7 Å². The fraction of sp³-hybridized carbons (Fsp3) is 0.273. The number of esters is 1. The second-order valence-electron chi connectivity index (χ2n) is 7.31. The van der Waals surface area contributed by atoms with Crippen LogP contribution in [-0.2, 0) is 16.1 Å². The summed E-state index contributed by atoms with van der Waals surface area (Å²) in [5, 5.41) is 1.92. The summed E-state index contributed by atoms with van der Waals surface area (Å²) in [4.78, 5) is 44.2. The van der Waals surface area contributed by atoms with Crippen LogP contribution >= 0.6 is 11.3 Å². The summed E-state index contributed by atoms with van der Waals surface area (Å²) in [5.41, 5.74) is 1.17. The Morgan fingerprint density at radius 2 is 2.10 bits per heavy atom. The summed E-state index contributed by atoms with van der Waals surface area (Å²) in [6, 6.07) is 8.17. The number of nitrogens with zero attached hydrogens (tertiary/aromatic N) is 2. The minimum atomic E-state index is -0.610. The Morgan fingerprint density at radius 3 is 2.87 bits per heavy atom. The lowest BCUT2D eigenvalue weighted by Crippen LogP contribution is -2.36. The smallest absolute Gasteiger partial charge is 0.338 e. The third-order valence-electron chi connectivity index (χ3n) is 5.25. The molecule has 1 saturated heterocycles. The number of carbonyl (C=O) groups is 3. The van der Waals surface area contributed by atoms with Crippen molar-refractivity contribution in [1.29, 1.82) is 0 Å². The van der Waals surface area contributed by atoms with Crippen LogP contribution < -0.4 is 0 Å². The molecule has 0 radical (unpaired) electrons. The van der Waals surface area contributed by atoms with Gasteiger partial charge in [-0.15, -0.1) is 11.3 Å². The maximum absolute atomic E-state index is 12.7. The SMILES string of the molecule is O=C(OCc1coc(-c2cccs2)n1)c1ccc2c(c1)C(=O)N(C[C@H]1CCCO1)C2=O. The van der Waals surface area contributed by atoms with Gasteiger partial charge >= 0.3 is 5.97 Å². The summed E-state index contributed by atoms with van der Waals surface area (Å²) in [7, 11) is 0. The van der Waals surface area contributed by atoms with Crippen LogP contribution in [0.15, 0.2) is 46.4 Å². The normalized spacial score (nSPS) is 17.9. The summed E-state index contributed by atoms with van der Waals surface area (Å²) in [6.07, 6.45) is 3.05. The van der Waals surface area contributed by atoms with Crippen molar-refractivity contribution in [2.75, 3.05) is 13.2 Å². The van der Waals surface area contributed by atoms with Crippen LogP contribution in [0.2, 0.25) is 0 Å². The fourth-order valence-electron chi connectivity index (χ4n) is 3.68. The molecule has 0 saturated carbocycles. The van der Waals surface area contributed by atoms with Gasteiger partial charge in [0.1, 0.15) is 18.6 Å². The zero-order valence-electron chi connectivity index (χ0n) is 16.4. The highest BCUT2D eigenvalue weighted by Gasteiger charge is 2.38. The monoisotopic (exact) mass is 438 g/mol. The zero-order valence-corrected chi connectivity index (χ0v) is 17.2. The van der Waals surface area contributed by atoms with E-state index in [9.17, 15) is 14.4 Å². The van der Waals surface area contributed by atoms with Crippen LogP contribution in [0.3, 0.4) is 0 Å². The number of aromatic nitrogens is 1. The summed E-state index contributed by atoms with van der Waals surface area (Å²) >= 11 is 1.50. The van der Waals surface area contributed by atoms with E-state index in [4.69, 9.17) is 13.9 Å². The number of oxazole rings is 1. The maximum Gasteiger partial charge on any atom is 0.338 e. The highest BCUT2D eigenvalue weighted by atomic mass is 32.1. The van der Waals surface area contributed by atoms with E-state index >= 15 is 0 Å². The molecule has 5 rings (SSSR count). The van der Waals surface area contributed by atoms with Gasteiger partial charge in [-0.3, -0.25) is 14.5 Å². The molecule has 0 unspecified atom stereocenters. The Balaban J connectivity index is 1.26. The number of thiophene rings is 1. The number of hydrogen-bond acceptors (Lipinski definition) is 8. The first-order valence-electron chi connectivity index (χ1n) is 9.87. The molecule has 3 aromatic rings. The molecule has 2 aliphatic heterocycles. The van der Waals surface area contributed by atoms with Gasteiger partial charge in [0.25, 0.3) is 11.8 Å². The van der Waals surface area contributed by atoms with Crippen molar-refractivity contribution < 1.29 is 28.3 Å². The van der Waals surface area contributed by atoms with Gasteiger partial charge in [-0.25, -0.2) is 9.78 Å². The van der Waals surface area contributed by atoms with E-state index < -0.39 is 11.9 Å². The molecule has 1 aromatic carbocycles. The fourth-order valence-corrected chi connectivity index (χ4v) is 4.34. The molecule has 1 fully saturated rings. The number of benzene rings is 1. The Labute approximate surface area is 181 Å². The van der Waals surface area contributed by atoms with Gasteiger partial charge in [0.05, 0.1) is 34.2 Å². The second kappa shape index (κ2) is 8.09. The molecule has 2 amide bonds. The first-order chi connectivity index (χ1) is 15.1. The lowest BCUT2D eigenvalue weighted by molar-refractivity contribution is 0.0465. The number of fused-ring (bicyclic) bond motifs is 1. The van der Waals surface area contributed by atoms with Gasteiger partial charge in [-0.05, 0) is 42.5 Å². The highest BCUT2D eigenvalue weighted by Crippen LogP contribution is 2.27. The summed E-state index contributed by atoms with van der Waals surface area (Å²) in [5.74, 6) is -0.920. The highest BCUT2D eigenvalue weighted by molar-refractivity contribution is 7.13. The van der Waals surface area contributed by atoms with Crippen LogP contribution in [-0.4, -0.2) is 46.9 Å². The maximum atomic E-state index is 12.7. The molecular formula is C22H18N2O6S. The molecule has 0 spiro atoms. The van der Waals surface area contributed by atoms with Crippen molar-refractivity contribution in [1.82, 2.24) is 9.88 Å². The average molecular weight is 438 g/mol. The van der Waals surface area contributed by atoms with Crippen molar-refractivity contribution in [2.45, 2.75) is 25.6 Å². The van der Waals surface area contributed by atoms with E-state index in [1.54, 1.807) is 0 Å². The Bertz CT molecular complexity index is 1150. The minimum absolute atomic E-state index is 0.0667. The number of hydrogen-bond donors (Lipinski definition) is 0. The lowest BCUT2D eigenvalue weighted by Gasteiger charge is -2.17. The number of amides is 2. The summed E-state index contributed by atoms with van der Waals surface area (Å²) < 4.78 is 16.3. The number of carbonyl (C=O) groups excluding carboxylic acids is 3. The standard InChI is InChI=1S/C22H18N2O6S/c25-20-16-6-5-13(9-17(16)21(26)24(20)10-15-3-1-7-28-15)22(27)30-12-14-11-29-19(23-14)18-4-2-8-31-18/h2,4-6,8-9,11,15H,1,3,7,10,12H2/t15-/m1/s1. The summed E-state index contributed by atoms with van der Waals surface area (Å²) in [6.45, 7) is 0.803. The molecule has 0 aliphatic carbocycles. The van der Waals surface area contributed by atoms with Gasteiger partial charge in [0, 0.05) is 6.61 Å². The third kappa shape index (κ3) is 3.77. The van der Waals surface area contributed by atoms with Gasteiger partial charge in [0.2, 0.25) is 5.89 Å². The second-order valence-corrected chi connectivity index (χ2v) is 8.26. The number of ether oxygens (including phenoxy) is 2. The van der Waals surface area contributed by atoms with Gasteiger partial charge in [-0.1, -0.05) is 6.07 Å². The Morgan fingerprint density at radius 1 is 1.23 bits per heavy atom. The van der Waals surface area contributed by atoms with Crippen LogP contribution in [0.1, 0.15) is 49.6 Å². The van der Waals surface area contributed by atoms with Crippen molar-refractivity contribution in [3.8, 4) is 10.8 Å². The molecule has 2 aliphatic rings. The first-order valence-corrected chi connectivity index (χ1v) is 10.8. The molecule has 0 bridgehead atoms. The van der Waals surface area contributed by atoms with Crippen molar-refractivity contribution in [3.63, 3.8) is 0 Å². The van der Waals surface area contributed by atoms with Crippen LogP contribution in [0.4, 0.5) is 0 Å². The van der Waals surface area contributed by atoms with E-state index in [-0.39, 0.29) is 41.9 Å². The van der Waals surface area contributed by atoms with E-state index in [0.29, 0.717) is 18.2 Å². The molecule has 2 aromatic heterocycles.